The molecule has 3 N–H and O–H groups in total. The Kier molecular flexibility index (Phi) is 6.46. The van der Waals surface area contributed by atoms with Crippen LogP contribution in [-0.4, -0.2) is 50.6 Å². The Morgan fingerprint density at radius 1 is 1.20 bits per heavy atom. The molecule has 0 radical (unpaired) electrons. The number of aryl methyl sites for hydroxylation is 1. The average molecular weight is 417 g/mol. The van der Waals surface area contributed by atoms with Gasteiger partial charge in [0.25, 0.3) is 5.56 Å². The zero-order valence-corrected chi connectivity index (χ0v) is 17.5. The summed E-state index contributed by atoms with van der Waals surface area (Å²) in [7, 11) is 3.12. The SMILES string of the molecule is COc1ccc(OC[C@@H](O)Cn2c(NCC(C)C)nc3c2c(=O)[nH]c(=O)n3C)cc1. The number of hydrogen-bond acceptors (Lipinski definition) is 7. The van der Waals surface area contributed by atoms with E-state index >= 15 is 0 Å². The monoisotopic (exact) mass is 417 g/mol. The summed E-state index contributed by atoms with van der Waals surface area (Å²) in [6, 6.07) is 7.01. The number of H-pyrrole nitrogens is 1. The van der Waals surface area contributed by atoms with Crippen LogP contribution < -0.4 is 26.0 Å². The molecule has 0 amide bonds. The van der Waals surface area contributed by atoms with Crippen molar-refractivity contribution in [1.82, 2.24) is 19.1 Å². The van der Waals surface area contributed by atoms with Crippen LogP contribution in [0.2, 0.25) is 0 Å². The van der Waals surface area contributed by atoms with Crippen LogP contribution >= 0.6 is 0 Å². The van der Waals surface area contributed by atoms with Gasteiger partial charge in [0.15, 0.2) is 11.2 Å². The smallest absolute Gasteiger partial charge is 0.329 e. The molecule has 30 heavy (non-hydrogen) atoms. The minimum Gasteiger partial charge on any atom is -0.497 e. The lowest BCUT2D eigenvalue weighted by Crippen LogP contribution is -2.31. The fourth-order valence-corrected chi connectivity index (χ4v) is 2.97. The van der Waals surface area contributed by atoms with Crippen LogP contribution in [0.25, 0.3) is 11.2 Å². The maximum Gasteiger partial charge on any atom is 0.329 e. The van der Waals surface area contributed by atoms with Gasteiger partial charge in [0.1, 0.15) is 24.2 Å². The van der Waals surface area contributed by atoms with Crippen molar-refractivity contribution in [3.05, 3.63) is 45.1 Å². The quantitative estimate of drug-likeness (QED) is 0.473. The molecule has 162 valence electrons. The highest BCUT2D eigenvalue weighted by atomic mass is 16.5. The van der Waals surface area contributed by atoms with Gasteiger partial charge in [-0.3, -0.25) is 14.3 Å². The molecule has 0 bridgehead atoms. The maximum absolute atomic E-state index is 12.5. The van der Waals surface area contributed by atoms with E-state index in [1.807, 2.05) is 13.8 Å². The first kappa shape index (κ1) is 21.4. The Hall–Kier alpha value is -3.27. The summed E-state index contributed by atoms with van der Waals surface area (Å²) in [5.74, 6) is 2.04. The van der Waals surface area contributed by atoms with Gasteiger partial charge >= 0.3 is 5.69 Å². The number of aliphatic hydroxyl groups is 1. The topological polar surface area (TPSA) is 123 Å². The molecule has 0 saturated heterocycles. The van der Waals surface area contributed by atoms with Gasteiger partial charge in [0.05, 0.1) is 13.7 Å². The molecular weight excluding hydrogens is 390 g/mol. The molecule has 3 aromatic rings. The van der Waals surface area contributed by atoms with E-state index in [4.69, 9.17) is 9.47 Å². The third-order valence-corrected chi connectivity index (χ3v) is 4.57. The summed E-state index contributed by atoms with van der Waals surface area (Å²) in [5.41, 5.74) is -0.637. The van der Waals surface area contributed by atoms with Crippen LogP contribution in [0.5, 0.6) is 11.5 Å². The molecule has 2 aromatic heterocycles. The number of aromatic amines is 1. The number of anilines is 1. The minimum absolute atomic E-state index is 0.0132. The van der Waals surface area contributed by atoms with E-state index in [2.05, 4.69) is 15.3 Å². The van der Waals surface area contributed by atoms with Crippen molar-refractivity contribution < 1.29 is 14.6 Å². The Morgan fingerprint density at radius 2 is 1.87 bits per heavy atom. The van der Waals surface area contributed by atoms with Gasteiger partial charge in [-0.2, -0.15) is 4.98 Å². The number of nitrogens with one attached hydrogen (secondary N) is 2. The van der Waals surface area contributed by atoms with Gasteiger partial charge in [-0.15, -0.1) is 0 Å². The molecule has 1 atom stereocenters. The van der Waals surface area contributed by atoms with Crippen LogP contribution in [0, 0.1) is 5.92 Å². The molecular formula is C20H27N5O5. The lowest BCUT2D eigenvalue weighted by atomic mass is 10.2. The third-order valence-electron chi connectivity index (χ3n) is 4.57. The summed E-state index contributed by atoms with van der Waals surface area (Å²) in [6.45, 7) is 4.78. The van der Waals surface area contributed by atoms with E-state index in [0.717, 1.165) is 0 Å². The third kappa shape index (κ3) is 4.65. The number of rotatable bonds is 9. The normalized spacial score (nSPS) is 12.3. The molecule has 0 fully saturated rings. The molecule has 2 heterocycles. The first-order valence-electron chi connectivity index (χ1n) is 9.68. The molecule has 1 aromatic carbocycles. The number of benzene rings is 1. The number of aliphatic hydroxyl groups excluding tert-OH is 1. The lowest BCUT2D eigenvalue weighted by Gasteiger charge is -2.16. The highest BCUT2D eigenvalue weighted by Crippen LogP contribution is 2.19. The van der Waals surface area contributed by atoms with Crippen LogP contribution in [0.4, 0.5) is 5.95 Å². The largest absolute Gasteiger partial charge is 0.497 e. The predicted octanol–water partition coefficient (Wildman–Crippen LogP) is 0.940. The van der Waals surface area contributed by atoms with Crippen molar-refractivity contribution in [2.24, 2.45) is 13.0 Å². The van der Waals surface area contributed by atoms with Crippen molar-refractivity contribution >= 4 is 17.1 Å². The standard InChI is InChI=1S/C20H27N5O5/c1-12(2)9-21-19-22-17-16(18(27)23-20(28)24(17)3)25(19)10-13(26)11-30-15-7-5-14(29-4)6-8-15/h5-8,12-13,26H,9-11H2,1-4H3,(H,21,22)(H,23,27,28)/t13-/m0/s1. The van der Waals surface area contributed by atoms with Gasteiger partial charge in [-0.05, 0) is 30.2 Å². The minimum atomic E-state index is -0.916. The van der Waals surface area contributed by atoms with E-state index < -0.39 is 17.4 Å². The first-order chi connectivity index (χ1) is 14.3. The Bertz CT molecular complexity index is 1110. The Labute approximate surface area is 173 Å². The molecule has 0 aliphatic heterocycles. The number of fused-ring (bicyclic) bond motifs is 1. The zero-order valence-electron chi connectivity index (χ0n) is 17.5. The molecule has 10 heteroatoms. The van der Waals surface area contributed by atoms with Gasteiger partial charge in [-0.25, -0.2) is 4.79 Å². The second kappa shape index (κ2) is 9.04. The van der Waals surface area contributed by atoms with Crippen molar-refractivity contribution in [2.45, 2.75) is 26.5 Å². The van der Waals surface area contributed by atoms with E-state index in [-0.39, 0.29) is 24.3 Å². The number of imidazole rings is 1. The lowest BCUT2D eigenvalue weighted by molar-refractivity contribution is 0.0938. The molecule has 0 saturated carbocycles. The number of nitrogens with zero attached hydrogens (tertiary/aromatic N) is 3. The highest BCUT2D eigenvalue weighted by molar-refractivity contribution is 5.74. The van der Waals surface area contributed by atoms with Crippen molar-refractivity contribution in [3.63, 3.8) is 0 Å². The second-order valence-corrected chi connectivity index (χ2v) is 7.45. The fraction of sp³-hybridized carbons (Fsp3) is 0.450. The Morgan fingerprint density at radius 3 is 2.50 bits per heavy atom. The summed E-state index contributed by atoms with van der Waals surface area (Å²) >= 11 is 0. The van der Waals surface area contributed by atoms with Crippen molar-refractivity contribution in [1.29, 1.82) is 0 Å². The van der Waals surface area contributed by atoms with Gasteiger partial charge in [0, 0.05) is 13.6 Å². The molecule has 0 unspecified atom stereocenters. The Balaban J connectivity index is 1.85. The summed E-state index contributed by atoms with van der Waals surface area (Å²) in [4.78, 5) is 31.1. The van der Waals surface area contributed by atoms with Crippen LogP contribution in [0.15, 0.2) is 33.9 Å². The van der Waals surface area contributed by atoms with Crippen molar-refractivity contribution in [2.75, 3.05) is 25.6 Å². The summed E-state index contributed by atoms with van der Waals surface area (Å²) < 4.78 is 13.6. The van der Waals surface area contributed by atoms with Gasteiger partial charge < -0.3 is 24.5 Å². The first-order valence-corrected chi connectivity index (χ1v) is 9.68. The predicted molar refractivity (Wildman–Crippen MR) is 113 cm³/mol. The molecule has 0 aliphatic rings. The second-order valence-electron chi connectivity index (χ2n) is 7.45. The molecule has 0 aliphatic carbocycles. The van der Waals surface area contributed by atoms with Crippen LogP contribution in [0.3, 0.4) is 0 Å². The summed E-state index contributed by atoms with van der Waals surface area (Å²) in [6.07, 6.45) is -0.916. The fourth-order valence-electron chi connectivity index (χ4n) is 2.97. The van der Waals surface area contributed by atoms with Crippen LogP contribution in [-0.2, 0) is 13.6 Å². The van der Waals surface area contributed by atoms with Crippen LogP contribution in [0.1, 0.15) is 13.8 Å². The highest BCUT2D eigenvalue weighted by Gasteiger charge is 2.20. The van der Waals surface area contributed by atoms with E-state index in [0.29, 0.717) is 29.9 Å². The van der Waals surface area contributed by atoms with E-state index in [1.54, 1.807) is 35.9 Å². The average Bonchev–Trinajstić information content (AvgIpc) is 3.08. The van der Waals surface area contributed by atoms with E-state index in [1.165, 1.54) is 11.6 Å². The van der Waals surface area contributed by atoms with Gasteiger partial charge in [-0.1, -0.05) is 13.8 Å². The maximum atomic E-state index is 12.5. The zero-order chi connectivity index (χ0) is 21.8. The number of methoxy groups -OCH3 is 1. The molecule has 3 rings (SSSR count). The molecule has 10 nitrogen and oxygen atoms in total. The molecule has 0 spiro atoms. The van der Waals surface area contributed by atoms with Crippen molar-refractivity contribution in [3.8, 4) is 11.5 Å². The van der Waals surface area contributed by atoms with E-state index in [9.17, 15) is 14.7 Å². The number of ether oxygens (including phenoxy) is 2. The number of hydrogen-bond donors (Lipinski definition) is 3. The number of aromatic nitrogens is 4. The summed E-state index contributed by atoms with van der Waals surface area (Å²) in [5, 5.41) is 13.7. The van der Waals surface area contributed by atoms with Gasteiger partial charge in [0.2, 0.25) is 5.95 Å².